The summed E-state index contributed by atoms with van der Waals surface area (Å²) >= 11 is 5.91. The third kappa shape index (κ3) is 1.97. The zero-order valence-corrected chi connectivity index (χ0v) is 9.46. The minimum Gasteiger partial charge on any atom is -0.341 e. The number of aliphatic imine (C=N–C) groups is 4. The summed E-state index contributed by atoms with van der Waals surface area (Å²) < 4.78 is 0. The Morgan fingerprint density at radius 1 is 1.18 bits per heavy atom. The molecule has 2 aliphatic rings. The fourth-order valence-electron chi connectivity index (χ4n) is 1.63. The van der Waals surface area contributed by atoms with E-state index in [9.17, 15) is 0 Å². The van der Waals surface area contributed by atoms with Crippen molar-refractivity contribution in [3.05, 3.63) is 29.3 Å². The molecule has 3 rings (SSSR count). The maximum atomic E-state index is 5.91. The van der Waals surface area contributed by atoms with Crippen molar-refractivity contribution in [2.75, 3.05) is 5.32 Å². The van der Waals surface area contributed by atoms with E-state index < -0.39 is 0 Å². The van der Waals surface area contributed by atoms with Gasteiger partial charge in [-0.2, -0.15) is 0 Å². The lowest BCUT2D eigenvalue weighted by molar-refractivity contribution is 1.13. The standard InChI is InChI=1S/C11H8ClN5/c12-7-2-1-3-8(4-7)17-11-9-10(14-5-13-9)15-6-16-11/h1-6,9H,(H,13,14,15,16,17). The molecule has 2 heterocycles. The van der Waals surface area contributed by atoms with E-state index in [0.717, 1.165) is 5.69 Å². The molecule has 5 nitrogen and oxygen atoms in total. The van der Waals surface area contributed by atoms with Gasteiger partial charge < -0.3 is 5.32 Å². The van der Waals surface area contributed by atoms with Crippen molar-refractivity contribution in [2.45, 2.75) is 6.04 Å². The number of nitrogens with one attached hydrogen (secondary N) is 1. The molecule has 1 atom stereocenters. The molecule has 0 aromatic heterocycles. The summed E-state index contributed by atoms with van der Waals surface area (Å²) in [6.45, 7) is 0. The van der Waals surface area contributed by atoms with Gasteiger partial charge in [-0.3, -0.25) is 4.99 Å². The molecular formula is C11H8ClN5. The minimum absolute atomic E-state index is 0.223. The SMILES string of the molecule is Clc1cccc(NC2=NC=NC3=NC=NC32)c1. The molecule has 17 heavy (non-hydrogen) atoms. The number of hydrogen-bond donors (Lipinski definition) is 1. The van der Waals surface area contributed by atoms with Crippen LogP contribution in [0.15, 0.2) is 44.2 Å². The topological polar surface area (TPSA) is 61.5 Å². The summed E-state index contributed by atoms with van der Waals surface area (Å²) in [7, 11) is 0. The average molecular weight is 246 g/mol. The van der Waals surface area contributed by atoms with E-state index in [0.29, 0.717) is 16.7 Å². The molecule has 0 radical (unpaired) electrons. The Morgan fingerprint density at radius 3 is 3.00 bits per heavy atom. The van der Waals surface area contributed by atoms with Crippen molar-refractivity contribution in [3.63, 3.8) is 0 Å². The lowest BCUT2D eigenvalue weighted by Crippen LogP contribution is -2.33. The Labute approximate surface area is 103 Å². The van der Waals surface area contributed by atoms with Gasteiger partial charge in [-0.05, 0) is 18.2 Å². The van der Waals surface area contributed by atoms with Gasteiger partial charge in [0.05, 0.1) is 0 Å². The molecule has 2 aliphatic heterocycles. The van der Waals surface area contributed by atoms with Crippen molar-refractivity contribution in [3.8, 4) is 0 Å². The molecule has 6 heteroatoms. The van der Waals surface area contributed by atoms with Gasteiger partial charge in [-0.15, -0.1) is 0 Å². The molecule has 0 aliphatic carbocycles. The van der Waals surface area contributed by atoms with Gasteiger partial charge in [0.15, 0.2) is 11.9 Å². The van der Waals surface area contributed by atoms with Crippen LogP contribution in [0.5, 0.6) is 0 Å². The number of anilines is 1. The van der Waals surface area contributed by atoms with Crippen molar-refractivity contribution in [1.29, 1.82) is 0 Å². The summed E-state index contributed by atoms with van der Waals surface area (Å²) in [6, 6.07) is 7.20. The fourth-order valence-corrected chi connectivity index (χ4v) is 1.82. The summed E-state index contributed by atoms with van der Waals surface area (Å²) in [5.41, 5.74) is 0.869. The average Bonchev–Trinajstić information content (AvgIpc) is 2.78. The zero-order chi connectivity index (χ0) is 11.7. The van der Waals surface area contributed by atoms with E-state index in [4.69, 9.17) is 11.6 Å². The molecule has 84 valence electrons. The number of hydrogen-bond acceptors (Lipinski definition) is 5. The number of rotatable bonds is 1. The lowest BCUT2D eigenvalue weighted by atomic mass is 10.2. The highest BCUT2D eigenvalue weighted by Gasteiger charge is 2.26. The first-order valence-corrected chi connectivity index (χ1v) is 5.43. The Morgan fingerprint density at radius 2 is 2.12 bits per heavy atom. The smallest absolute Gasteiger partial charge is 0.169 e. The normalized spacial score (nSPS) is 20.9. The second kappa shape index (κ2) is 4.10. The summed E-state index contributed by atoms with van der Waals surface area (Å²) in [5, 5.41) is 3.84. The molecule has 1 unspecified atom stereocenters. The number of halogens is 1. The first kappa shape index (κ1) is 10.2. The van der Waals surface area contributed by atoms with Gasteiger partial charge in [0, 0.05) is 10.7 Å². The molecule has 0 fully saturated rings. The van der Waals surface area contributed by atoms with Gasteiger partial charge >= 0.3 is 0 Å². The van der Waals surface area contributed by atoms with E-state index in [1.165, 1.54) is 12.7 Å². The molecular weight excluding hydrogens is 238 g/mol. The van der Waals surface area contributed by atoms with Gasteiger partial charge in [-0.1, -0.05) is 17.7 Å². The third-order valence-corrected chi connectivity index (χ3v) is 2.63. The van der Waals surface area contributed by atoms with E-state index in [1.54, 1.807) is 0 Å². The first-order chi connectivity index (χ1) is 8.33. The van der Waals surface area contributed by atoms with Crippen molar-refractivity contribution < 1.29 is 0 Å². The van der Waals surface area contributed by atoms with E-state index >= 15 is 0 Å². The Hall–Kier alpha value is -2.01. The van der Waals surface area contributed by atoms with Crippen LogP contribution in [0.4, 0.5) is 5.69 Å². The largest absolute Gasteiger partial charge is 0.341 e. The van der Waals surface area contributed by atoms with Gasteiger partial charge in [0.2, 0.25) is 0 Å². The first-order valence-electron chi connectivity index (χ1n) is 5.05. The monoisotopic (exact) mass is 245 g/mol. The van der Waals surface area contributed by atoms with Crippen LogP contribution in [0, 0.1) is 0 Å². The van der Waals surface area contributed by atoms with Gasteiger partial charge in [0.1, 0.15) is 18.5 Å². The number of nitrogens with zero attached hydrogens (tertiary/aromatic N) is 4. The van der Waals surface area contributed by atoms with Crippen LogP contribution in [0.2, 0.25) is 5.02 Å². The molecule has 0 saturated heterocycles. The molecule has 0 spiro atoms. The van der Waals surface area contributed by atoms with Gasteiger partial charge in [-0.25, -0.2) is 15.0 Å². The van der Waals surface area contributed by atoms with Crippen LogP contribution < -0.4 is 5.32 Å². The van der Waals surface area contributed by atoms with Crippen molar-refractivity contribution >= 4 is 41.6 Å². The second-order valence-electron chi connectivity index (χ2n) is 3.55. The molecule has 1 N–H and O–H groups in total. The second-order valence-corrected chi connectivity index (χ2v) is 3.99. The number of fused-ring (bicyclic) bond motifs is 1. The van der Waals surface area contributed by atoms with Crippen LogP contribution in [0.1, 0.15) is 0 Å². The van der Waals surface area contributed by atoms with Gasteiger partial charge in [0.25, 0.3) is 0 Å². The quantitative estimate of drug-likeness (QED) is 0.808. The molecule has 1 aromatic rings. The summed E-state index contributed by atoms with van der Waals surface area (Å²) in [6.07, 6.45) is 2.97. The molecule has 0 saturated carbocycles. The van der Waals surface area contributed by atoms with E-state index in [1.807, 2.05) is 24.3 Å². The van der Waals surface area contributed by atoms with Crippen LogP contribution >= 0.6 is 11.6 Å². The molecule has 1 aromatic carbocycles. The fraction of sp³-hybridized carbons (Fsp3) is 0.0909. The highest BCUT2D eigenvalue weighted by Crippen LogP contribution is 2.17. The Bertz CT molecular complexity index is 573. The highest BCUT2D eigenvalue weighted by atomic mass is 35.5. The predicted molar refractivity (Wildman–Crippen MR) is 70.7 cm³/mol. The summed E-state index contributed by atoms with van der Waals surface area (Å²) in [5.74, 6) is 1.36. The van der Waals surface area contributed by atoms with Crippen molar-refractivity contribution in [2.24, 2.45) is 20.0 Å². The minimum atomic E-state index is -0.223. The molecule has 0 bridgehead atoms. The molecule has 0 amide bonds. The maximum Gasteiger partial charge on any atom is 0.169 e. The van der Waals surface area contributed by atoms with Crippen molar-refractivity contribution in [1.82, 2.24) is 0 Å². The van der Waals surface area contributed by atoms with Crippen LogP contribution in [0.25, 0.3) is 0 Å². The van der Waals surface area contributed by atoms with Crippen LogP contribution in [0.3, 0.4) is 0 Å². The van der Waals surface area contributed by atoms with E-state index in [2.05, 4.69) is 25.3 Å². The maximum absolute atomic E-state index is 5.91. The van der Waals surface area contributed by atoms with Crippen LogP contribution in [-0.2, 0) is 0 Å². The zero-order valence-electron chi connectivity index (χ0n) is 8.71. The number of benzene rings is 1. The lowest BCUT2D eigenvalue weighted by Gasteiger charge is -2.15. The van der Waals surface area contributed by atoms with E-state index in [-0.39, 0.29) is 6.04 Å². The summed E-state index contributed by atoms with van der Waals surface area (Å²) in [4.78, 5) is 16.5. The van der Waals surface area contributed by atoms with Crippen LogP contribution in [-0.4, -0.2) is 30.4 Å². The predicted octanol–water partition coefficient (Wildman–Crippen LogP) is 2.00. The Kier molecular flexibility index (Phi) is 2.45. The third-order valence-electron chi connectivity index (χ3n) is 2.39. The number of amidine groups is 2. The highest BCUT2D eigenvalue weighted by molar-refractivity contribution is 6.31. The Balaban J connectivity index is 1.86.